The highest BCUT2D eigenvalue weighted by Crippen LogP contribution is 2.16. The van der Waals surface area contributed by atoms with E-state index in [1.807, 2.05) is 24.3 Å². The normalized spacial score (nSPS) is 10.4. The molecule has 0 saturated heterocycles. The predicted molar refractivity (Wildman–Crippen MR) is 91.1 cm³/mol. The van der Waals surface area contributed by atoms with Crippen molar-refractivity contribution in [1.82, 2.24) is 15.2 Å². The topological polar surface area (TPSA) is 102 Å². The Labute approximate surface area is 143 Å². The standard InChI is InChI=1S/C17H18N4O4/c1-23-12-4-6-13(7-5-12)25-10-8-18-17-19-16(22)15(20-21-17)11-14-3-2-9-24-14/h2-7,9H,8,10-11H2,1H3,(H2,18,19,21,22). The van der Waals surface area contributed by atoms with Crippen LogP contribution in [-0.2, 0) is 6.42 Å². The van der Waals surface area contributed by atoms with E-state index in [4.69, 9.17) is 13.9 Å². The summed E-state index contributed by atoms with van der Waals surface area (Å²) in [6.07, 6.45) is 1.85. The van der Waals surface area contributed by atoms with Gasteiger partial charge in [-0.2, -0.15) is 0 Å². The molecule has 2 heterocycles. The minimum atomic E-state index is -0.301. The Hall–Kier alpha value is -3.29. The lowest BCUT2D eigenvalue weighted by molar-refractivity contribution is 0.331. The molecule has 0 bridgehead atoms. The zero-order valence-electron chi connectivity index (χ0n) is 13.7. The van der Waals surface area contributed by atoms with Crippen molar-refractivity contribution in [3.63, 3.8) is 0 Å². The number of nitrogens with zero attached hydrogens (tertiary/aromatic N) is 2. The zero-order valence-corrected chi connectivity index (χ0v) is 13.7. The molecule has 0 aliphatic heterocycles. The van der Waals surface area contributed by atoms with Crippen LogP contribution >= 0.6 is 0 Å². The van der Waals surface area contributed by atoms with Crippen molar-refractivity contribution >= 4 is 5.95 Å². The molecule has 0 saturated carbocycles. The largest absolute Gasteiger partial charge is 0.497 e. The molecule has 2 aromatic heterocycles. The summed E-state index contributed by atoms with van der Waals surface area (Å²) >= 11 is 0. The smallest absolute Gasteiger partial charge is 0.274 e. The van der Waals surface area contributed by atoms with Crippen molar-refractivity contribution in [2.75, 3.05) is 25.6 Å². The van der Waals surface area contributed by atoms with Crippen molar-refractivity contribution in [3.8, 4) is 11.5 Å². The molecule has 2 N–H and O–H groups in total. The number of methoxy groups -OCH3 is 1. The third-order valence-electron chi connectivity index (χ3n) is 3.41. The second-order valence-electron chi connectivity index (χ2n) is 5.16. The molecule has 3 rings (SSSR count). The van der Waals surface area contributed by atoms with Crippen LogP contribution in [0.1, 0.15) is 11.5 Å². The van der Waals surface area contributed by atoms with E-state index in [9.17, 15) is 4.79 Å². The van der Waals surface area contributed by atoms with E-state index in [0.717, 1.165) is 11.5 Å². The summed E-state index contributed by atoms with van der Waals surface area (Å²) in [4.78, 5) is 14.6. The fraction of sp³-hybridized carbons (Fsp3) is 0.235. The van der Waals surface area contributed by atoms with Gasteiger partial charge in [0.15, 0.2) is 0 Å². The summed E-state index contributed by atoms with van der Waals surface area (Å²) in [5.74, 6) is 2.46. The van der Waals surface area contributed by atoms with Crippen LogP contribution in [0.5, 0.6) is 11.5 Å². The maximum atomic E-state index is 12.0. The number of ether oxygens (including phenoxy) is 2. The maximum absolute atomic E-state index is 12.0. The van der Waals surface area contributed by atoms with Gasteiger partial charge < -0.3 is 19.2 Å². The molecule has 8 nitrogen and oxygen atoms in total. The van der Waals surface area contributed by atoms with Gasteiger partial charge >= 0.3 is 0 Å². The number of benzene rings is 1. The number of anilines is 1. The molecule has 25 heavy (non-hydrogen) atoms. The molecule has 0 aliphatic carbocycles. The van der Waals surface area contributed by atoms with E-state index in [1.165, 1.54) is 0 Å². The minimum absolute atomic E-state index is 0.298. The Bertz CT molecular complexity index is 844. The van der Waals surface area contributed by atoms with Crippen LogP contribution in [0.2, 0.25) is 0 Å². The fourth-order valence-electron chi connectivity index (χ4n) is 2.14. The number of nitrogens with one attached hydrogen (secondary N) is 2. The zero-order chi connectivity index (χ0) is 17.5. The Morgan fingerprint density at radius 2 is 1.96 bits per heavy atom. The molecule has 0 unspecified atom stereocenters. The summed E-state index contributed by atoms with van der Waals surface area (Å²) in [6.45, 7) is 0.873. The first-order chi connectivity index (χ1) is 12.2. The molecule has 130 valence electrons. The molecule has 0 aliphatic rings. The molecular weight excluding hydrogens is 324 g/mol. The van der Waals surface area contributed by atoms with E-state index >= 15 is 0 Å². The van der Waals surface area contributed by atoms with Crippen LogP contribution in [0.3, 0.4) is 0 Å². The average molecular weight is 342 g/mol. The van der Waals surface area contributed by atoms with Gasteiger partial charge in [0.1, 0.15) is 29.6 Å². The van der Waals surface area contributed by atoms with Crippen LogP contribution in [-0.4, -0.2) is 35.4 Å². The average Bonchev–Trinajstić information content (AvgIpc) is 3.14. The summed E-state index contributed by atoms with van der Waals surface area (Å²) in [5.41, 5.74) is -0.0000411. The SMILES string of the molecule is COc1ccc(OCCNc2nnc(Cc3ccco3)c(=O)[nH]2)cc1. The van der Waals surface area contributed by atoms with Crippen molar-refractivity contribution in [2.24, 2.45) is 0 Å². The highest BCUT2D eigenvalue weighted by Gasteiger charge is 2.07. The van der Waals surface area contributed by atoms with Gasteiger partial charge in [-0.05, 0) is 36.4 Å². The first-order valence-corrected chi connectivity index (χ1v) is 7.73. The van der Waals surface area contributed by atoms with Crippen LogP contribution in [0, 0.1) is 0 Å². The van der Waals surface area contributed by atoms with Crippen molar-refractivity contribution in [1.29, 1.82) is 0 Å². The van der Waals surface area contributed by atoms with Crippen molar-refractivity contribution in [2.45, 2.75) is 6.42 Å². The number of hydrogen-bond donors (Lipinski definition) is 2. The summed E-state index contributed by atoms with van der Waals surface area (Å²) in [7, 11) is 1.61. The van der Waals surface area contributed by atoms with Gasteiger partial charge in [-0.1, -0.05) is 0 Å². The molecule has 0 atom stereocenters. The van der Waals surface area contributed by atoms with Gasteiger partial charge in [-0.25, -0.2) is 0 Å². The maximum Gasteiger partial charge on any atom is 0.274 e. The first-order valence-electron chi connectivity index (χ1n) is 7.73. The second-order valence-corrected chi connectivity index (χ2v) is 5.16. The Kier molecular flexibility index (Phi) is 5.30. The first kappa shape index (κ1) is 16.6. The lowest BCUT2D eigenvalue weighted by Crippen LogP contribution is -2.21. The number of H-pyrrole nitrogens is 1. The quantitative estimate of drug-likeness (QED) is 0.602. The lowest BCUT2D eigenvalue weighted by Gasteiger charge is -2.08. The van der Waals surface area contributed by atoms with E-state index in [2.05, 4.69) is 20.5 Å². The molecule has 0 radical (unpaired) electrons. The van der Waals surface area contributed by atoms with Crippen LogP contribution in [0.15, 0.2) is 51.9 Å². The second kappa shape index (κ2) is 8.00. The molecule has 1 aromatic carbocycles. The molecular formula is C17H18N4O4. The fourth-order valence-corrected chi connectivity index (χ4v) is 2.14. The number of aromatic amines is 1. The van der Waals surface area contributed by atoms with Crippen LogP contribution in [0.4, 0.5) is 5.95 Å². The van der Waals surface area contributed by atoms with Gasteiger partial charge in [0.2, 0.25) is 5.95 Å². The summed E-state index contributed by atoms with van der Waals surface area (Å²) < 4.78 is 15.9. The van der Waals surface area contributed by atoms with Gasteiger partial charge in [0, 0.05) is 0 Å². The highest BCUT2D eigenvalue weighted by atomic mass is 16.5. The minimum Gasteiger partial charge on any atom is -0.497 e. The van der Waals surface area contributed by atoms with Gasteiger partial charge in [-0.3, -0.25) is 9.78 Å². The molecule has 0 fully saturated rings. The van der Waals surface area contributed by atoms with Gasteiger partial charge in [0.25, 0.3) is 5.56 Å². The Balaban J connectivity index is 1.48. The molecule has 8 heteroatoms. The van der Waals surface area contributed by atoms with Crippen LogP contribution < -0.4 is 20.3 Å². The Morgan fingerprint density at radius 1 is 1.16 bits per heavy atom. The molecule has 3 aromatic rings. The number of furan rings is 1. The van der Waals surface area contributed by atoms with Crippen molar-refractivity contribution < 1.29 is 13.9 Å². The van der Waals surface area contributed by atoms with Gasteiger partial charge in [0.05, 0.1) is 26.3 Å². The van der Waals surface area contributed by atoms with E-state index < -0.39 is 0 Å². The lowest BCUT2D eigenvalue weighted by atomic mass is 10.2. The summed E-state index contributed by atoms with van der Waals surface area (Å²) in [6, 6.07) is 10.8. The van der Waals surface area contributed by atoms with E-state index in [0.29, 0.717) is 37.0 Å². The highest BCUT2D eigenvalue weighted by molar-refractivity contribution is 5.31. The van der Waals surface area contributed by atoms with Crippen LogP contribution in [0.25, 0.3) is 0 Å². The Morgan fingerprint density at radius 3 is 2.64 bits per heavy atom. The number of rotatable bonds is 8. The van der Waals surface area contributed by atoms with E-state index in [-0.39, 0.29) is 5.56 Å². The monoisotopic (exact) mass is 342 g/mol. The predicted octanol–water partition coefficient (Wildman–Crippen LogP) is 1.85. The number of aromatic nitrogens is 3. The third-order valence-corrected chi connectivity index (χ3v) is 3.41. The van der Waals surface area contributed by atoms with E-state index in [1.54, 1.807) is 25.5 Å². The van der Waals surface area contributed by atoms with Crippen molar-refractivity contribution in [3.05, 3.63) is 64.5 Å². The number of hydrogen-bond acceptors (Lipinski definition) is 7. The molecule has 0 amide bonds. The molecule has 0 spiro atoms. The summed E-state index contributed by atoms with van der Waals surface area (Å²) in [5, 5.41) is 10.9. The van der Waals surface area contributed by atoms with Gasteiger partial charge in [-0.15, -0.1) is 10.2 Å². The third kappa shape index (κ3) is 4.60.